The molecule has 1 heterocycles. The molecule has 0 atom stereocenters. The van der Waals surface area contributed by atoms with Gasteiger partial charge in [0.2, 0.25) is 0 Å². The molecule has 3 aromatic rings. The zero-order valence-corrected chi connectivity index (χ0v) is 14.7. The van der Waals surface area contributed by atoms with Gasteiger partial charge in [-0.05, 0) is 35.9 Å². The molecule has 2 N–H and O–H groups in total. The predicted octanol–water partition coefficient (Wildman–Crippen LogP) is 5.06. The Hall–Kier alpha value is -2.56. The van der Waals surface area contributed by atoms with Crippen LogP contribution < -0.4 is 10.6 Å². The zero-order chi connectivity index (χ0) is 17.6. The minimum absolute atomic E-state index is 0.203. The monoisotopic (exact) mass is 371 g/mol. The highest BCUT2D eigenvalue weighted by Gasteiger charge is 2.08. The highest BCUT2D eigenvalue weighted by molar-refractivity contribution is 6.33. The molecule has 1 amide bonds. The van der Waals surface area contributed by atoms with Crippen LogP contribution in [0.4, 0.5) is 11.4 Å². The Balaban J connectivity index is 1.67. The van der Waals surface area contributed by atoms with Gasteiger partial charge in [0.1, 0.15) is 0 Å². The molecule has 25 heavy (non-hydrogen) atoms. The average molecular weight is 372 g/mol. The van der Waals surface area contributed by atoms with E-state index in [1.807, 2.05) is 30.3 Å². The van der Waals surface area contributed by atoms with Crippen molar-refractivity contribution >= 4 is 40.5 Å². The fourth-order valence-electron chi connectivity index (χ4n) is 2.24. The SMILES string of the molecule is O=C(NCc1ccc(Cl)cc1)c1cncc(Nc2ccccc2Cl)c1. The van der Waals surface area contributed by atoms with Crippen molar-refractivity contribution in [1.82, 2.24) is 10.3 Å². The molecule has 0 aliphatic rings. The van der Waals surface area contributed by atoms with Crippen LogP contribution in [0.3, 0.4) is 0 Å². The smallest absolute Gasteiger partial charge is 0.253 e. The van der Waals surface area contributed by atoms with Gasteiger partial charge in [-0.25, -0.2) is 0 Å². The van der Waals surface area contributed by atoms with Gasteiger partial charge in [-0.3, -0.25) is 9.78 Å². The first kappa shape index (κ1) is 17.3. The standard InChI is InChI=1S/C19H15Cl2N3O/c20-15-7-5-13(6-8-15)10-23-19(25)14-9-16(12-22-11-14)24-18-4-2-1-3-17(18)21/h1-9,11-12,24H,10H2,(H,23,25). The van der Waals surface area contributed by atoms with Crippen LogP contribution >= 0.6 is 23.2 Å². The largest absolute Gasteiger partial charge is 0.353 e. The number of pyridine rings is 1. The van der Waals surface area contributed by atoms with E-state index < -0.39 is 0 Å². The minimum Gasteiger partial charge on any atom is -0.353 e. The maximum atomic E-state index is 12.3. The second kappa shape index (κ2) is 8.01. The molecule has 0 spiro atoms. The second-order valence-corrected chi connectivity index (χ2v) is 6.22. The first-order valence-corrected chi connectivity index (χ1v) is 8.36. The summed E-state index contributed by atoms with van der Waals surface area (Å²) < 4.78 is 0. The third kappa shape index (κ3) is 4.72. The van der Waals surface area contributed by atoms with Crippen molar-refractivity contribution < 1.29 is 4.79 Å². The van der Waals surface area contributed by atoms with Gasteiger partial charge < -0.3 is 10.6 Å². The fraction of sp³-hybridized carbons (Fsp3) is 0.0526. The Morgan fingerprint density at radius 2 is 1.76 bits per heavy atom. The summed E-state index contributed by atoms with van der Waals surface area (Å²) in [5.41, 5.74) is 2.87. The first-order chi connectivity index (χ1) is 12.1. The maximum Gasteiger partial charge on any atom is 0.253 e. The average Bonchev–Trinajstić information content (AvgIpc) is 2.63. The van der Waals surface area contributed by atoms with E-state index in [2.05, 4.69) is 15.6 Å². The molecule has 0 bridgehead atoms. The summed E-state index contributed by atoms with van der Waals surface area (Å²) in [6.07, 6.45) is 3.16. The molecule has 0 radical (unpaired) electrons. The Morgan fingerprint density at radius 1 is 1.00 bits per heavy atom. The number of halogens is 2. The maximum absolute atomic E-state index is 12.3. The van der Waals surface area contributed by atoms with Crippen molar-refractivity contribution in [3.8, 4) is 0 Å². The molecule has 2 aromatic carbocycles. The number of anilines is 2. The van der Waals surface area contributed by atoms with Gasteiger partial charge in [-0.2, -0.15) is 0 Å². The molecule has 0 unspecified atom stereocenters. The molecule has 0 aliphatic heterocycles. The molecule has 0 saturated carbocycles. The molecule has 4 nitrogen and oxygen atoms in total. The summed E-state index contributed by atoms with van der Waals surface area (Å²) in [5.74, 6) is -0.203. The highest BCUT2D eigenvalue weighted by Crippen LogP contribution is 2.24. The topological polar surface area (TPSA) is 54.0 Å². The molecule has 3 rings (SSSR count). The molecular weight excluding hydrogens is 357 g/mol. The number of hydrogen-bond donors (Lipinski definition) is 2. The lowest BCUT2D eigenvalue weighted by Crippen LogP contribution is -2.23. The van der Waals surface area contributed by atoms with Crippen LogP contribution in [-0.4, -0.2) is 10.9 Å². The lowest BCUT2D eigenvalue weighted by atomic mass is 10.2. The van der Waals surface area contributed by atoms with E-state index in [4.69, 9.17) is 23.2 Å². The van der Waals surface area contributed by atoms with Crippen LogP contribution in [-0.2, 0) is 6.54 Å². The number of benzene rings is 2. The van der Waals surface area contributed by atoms with E-state index in [0.717, 1.165) is 11.3 Å². The normalized spacial score (nSPS) is 10.3. The number of para-hydroxylation sites is 1. The quantitative estimate of drug-likeness (QED) is 0.658. The Bertz CT molecular complexity index is 882. The third-order valence-electron chi connectivity index (χ3n) is 3.52. The lowest BCUT2D eigenvalue weighted by Gasteiger charge is -2.10. The minimum atomic E-state index is -0.203. The van der Waals surface area contributed by atoms with Crippen LogP contribution in [0, 0.1) is 0 Å². The van der Waals surface area contributed by atoms with Gasteiger partial charge in [0.15, 0.2) is 0 Å². The molecular formula is C19H15Cl2N3O. The zero-order valence-electron chi connectivity index (χ0n) is 13.2. The number of carbonyl (C=O) groups is 1. The number of nitrogens with one attached hydrogen (secondary N) is 2. The van der Waals surface area contributed by atoms with Crippen LogP contribution in [0.15, 0.2) is 67.0 Å². The highest BCUT2D eigenvalue weighted by atomic mass is 35.5. The molecule has 6 heteroatoms. The van der Waals surface area contributed by atoms with E-state index in [-0.39, 0.29) is 5.91 Å². The van der Waals surface area contributed by atoms with E-state index in [1.54, 1.807) is 30.5 Å². The van der Waals surface area contributed by atoms with Crippen molar-refractivity contribution in [1.29, 1.82) is 0 Å². The Labute approximate surface area is 155 Å². The summed E-state index contributed by atoms with van der Waals surface area (Å²) in [4.78, 5) is 16.4. The number of nitrogens with zero attached hydrogens (tertiary/aromatic N) is 1. The Morgan fingerprint density at radius 3 is 2.52 bits per heavy atom. The molecule has 0 aliphatic carbocycles. The van der Waals surface area contributed by atoms with Gasteiger partial charge in [-0.15, -0.1) is 0 Å². The van der Waals surface area contributed by atoms with Crippen molar-refractivity contribution in [2.24, 2.45) is 0 Å². The van der Waals surface area contributed by atoms with E-state index in [1.165, 1.54) is 6.20 Å². The van der Waals surface area contributed by atoms with Gasteiger partial charge in [0.25, 0.3) is 5.91 Å². The van der Waals surface area contributed by atoms with Gasteiger partial charge >= 0.3 is 0 Å². The number of aromatic nitrogens is 1. The number of hydrogen-bond acceptors (Lipinski definition) is 3. The number of rotatable bonds is 5. The Kier molecular flexibility index (Phi) is 5.53. The molecule has 0 saturated heterocycles. The summed E-state index contributed by atoms with van der Waals surface area (Å²) >= 11 is 12.0. The molecule has 0 fully saturated rings. The summed E-state index contributed by atoms with van der Waals surface area (Å²) in [7, 11) is 0. The van der Waals surface area contributed by atoms with E-state index >= 15 is 0 Å². The lowest BCUT2D eigenvalue weighted by molar-refractivity contribution is 0.0950. The van der Waals surface area contributed by atoms with Crippen molar-refractivity contribution in [2.45, 2.75) is 6.54 Å². The third-order valence-corrected chi connectivity index (χ3v) is 4.10. The van der Waals surface area contributed by atoms with Crippen molar-refractivity contribution in [3.63, 3.8) is 0 Å². The number of carbonyl (C=O) groups excluding carboxylic acids is 1. The summed E-state index contributed by atoms with van der Waals surface area (Å²) in [6.45, 7) is 0.415. The van der Waals surface area contributed by atoms with Crippen LogP contribution in [0.2, 0.25) is 10.0 Å². The van der Waals surface area contributed by atoms with Gasteiger partial charge in [0.05, 0.1) is 28.2 Å². The van der Waals surface area contributed by atoms with Crippen LogP contribution in [0.1, 0.15) is 15.9 Å². The molecule has 1 aromatic heterocycles. The summed E-state index contributed by atoms with van der Waals surface area (Å²) in [5, 5.41) is 7.28. The van der Waals surface area contributed by atoms with Crippen molar-refractivity contribution in [2.75, 3.05) is 5.32 Å². The summed E-state index contributed by atoms with van der Waals surface area (Å²) in [6, 6.07) is 16.4. The number of amides is 1. The van der Waals surface area contributed by atoms with E-state index in [0.29, 0.717) is 27.8 Å². The van der Waals surface area contributed by atoms with Crippen LogP contribution in [0.5, 0.6) is 0 Å². The second-order valence-electron chi connectivity index (χ2n) is 5.38. The molecule has 126 valence electrons. The van der Waals surface area contributed by atoms with Gasteiger partial charge in [0, 0.05) is 17.8 Å². The van der Waals surface area contributed by atoms with E-state index in [9.17, 15) is 4.79 Å². The van der Waals surface area contributed by atoms with Crippen LogP contribution in [0.25, 0.3) is 0 Å². The predicted molar refractivity (Wildman–Crippen MR) is 102 cm³/mol. The first-order valence-electron chi connectivity index (χ1n) is 7.61. The van der Waals surface area contributed by atoms with Crippen molar-refractivity contribution in [3.05, 3.63) is 88.2 Å². The van der Waals surface area contributed by atoms with Gasteiger partial charge in [-0.1, -0.05) is 47.5 Å². The fourth-order valence-corrected chi connectivity index (χ4v) is 2.55.